The maximum Gasteiger partial charge on any atom is 0.471 e. The monoisotopic (exact) mass is 399 g/mol. The Morgan fingerprint density at radius 3 is 2.52 bits per heavy atom. The number of hydrogen-bond acceptors (Lipinski definition) is 1. The molecule has 1 aliphatic rings. The highest BCUT2D eigenvalue weighted by molar-refractivity contribution is 6.31. The van der Waals surface area contributed by atoms with Gasteiger partial charge in [0.15, 0.2) is 0 Å². The van der Waals surface area contributed by atoms with Crippen molar-refractivity contribution in [2.75, 3.05) is 13.1 Å². The van der Waals surface area contributed by atoms with Gasteiger partial charge in [-0.2, -0.15) is 13.2 Å². The van der Waals surface area contributed by atoms with Gasteiger partial charge >= 0.3 is 12.1 Å². The van der Waals surface area contributed by atoms with Crippen molar-refractivity contribution in [1.82, 2.24) is 4.90 Å². The van der Waals surface area contributed by atoms with Crippen LogP contribution < -0.4 is 0 Å². The molecule has 0 bridgehead atoms. The number of carbonyl (C=O) groups excluding carboxylic acids is 1. The average Bonchev–Trinajstić information content (AvgIpc) is 2.82. The van der Waals surface area contributed by atoms with E-state index in [2.05, 4.69) is 0 Å². The summed E-state index contributed by atoms with van der Waals surface area (Å²) in [5.41, 5.74) is 3.49. The van der Waals surface area contributed by atoms with E-state index in [0.29, 0.717) is 30.7 Å². The zero-order valence-corrected chi connectivity index (χ0v) is 15.2. The predicted molar refractivity (Wildman–Crippen MR) is 95.3 cm³/mol. The van der Waals surface area contributed by atoms with E-state index in [1.807, 2.05) is 12.1 Å². The molecule has 1 heterocycles. The van der Waals surface area contributed by atoms with E-state index in [4.69, 9.17) is 11.6 Å². The molecule has 0 saturated carbocycles. The van der Waals surface area contributed by atoms with Gasteiger partial charge in [0.1, 0.15) is 5.82 Å². The van der Waals surface area contributed by atoms with Gasteiger partial charge in [-0.05, 0) is 66.1 Å². The highest BCUT2D eigenvalue weighted by Gasteiger charge is 2.42. The van der Waals surface area contributed by atoms with Crippen molar-refractivity contribution in [3.63, 3.8) is 0 Å². The number of benzene rings is 2. The van der Waals surface area contributed by atoms with Crippen LogP contribution in [0.25, 0.3) is 0 Å². The zero-order chi connectivity index (χ0) is 19.6. The molecule has 2 aromatic rings. The fraction of sp³-hybridized carbons (Fsp3) is 0.350. The standard InChI is InChI=1S/C20H18ClF4NO/c21-18-7-5-14-8-10-26(19(27)20(23,24)25)11-9-16(14)17(18)6-4-13-2-1-3-15(22)12-13/h1-3,5,7,12H,4,6,8-11H2. The van der Waals surface area contributed by atoms with E-state index in [0.717, 1.165) is 27.2 Å². The smallest absolute Gasteiger partial charge is 0.334 e. The van der Waals surface area contributed by atoms with Crippen LogP contribution in [0.15, 0.2) is 36.4 Å². The van der Waals surface area contributed by atoms with Crippen molar-refractivity contribution in [1.29, 1.82) is 0 Å². The normalized spacial score (nSPS) is 14.6. The number of carbonyl (C=O) groups is 1. The molecule has 7 heteroatoms. The van der Waals surface area contributed by atoms with E-state index in [9.17, 15) is 22.4 Å². The Morgan fingerprint density at radius 1 is 1.07 bits per heavy atom. The van der Waals surface area contributed by atoms with Crippen LogP contribution in [0.4, 0.5) is 17.6 Å². The van der Waals surface area contributed by atoms with Crippen molar-refractivity contribution >= 4 is 17.5 Å². The second kappa shape index (κ2) is 7.89. The third-order valence-electron chi connectivity index (χ3n) is 4.84. The van der Waals surface area contributed by atoms with Gasteiger partial charge in [0.25, 0.3) is 0 Å². The number of nitrogens with zero attached hydrogens (tertiary/aromatic N) is 1. The second-order valence-electron chi connectivity index (χ2n) is 6.58. The minimum atomic E-state index is -4.87. The average molecular weight is 400 g/mol. The van der Waals surface area contributed by atoms with Gasteiger partial charge < -0.3 is 4.90 Å². The maximum atomic E-state index is 13.4. The molecule has 0 radical (unpaired) electrons. The molecule has 0 unspecified atom stereocenters. The summed E-state index contributed by atoms with van der Waals surface area (Å²) in [4.78, 5) is 12.4. The third-order valence-corrected chi connectivity index (χ3v) is 5.19. The lowest BCUT2D eigenvalue weighted by Gasteiger charge is -2.21. The summed E-state index contributed by atoms with van der Waals surface area (Å²) >= 11 is 6.35. The first-order chi connectivity index (χ1) is 12.8. The lowest BCUT2D eigenvalue weighted by atomic mass is 9.93. The molecule has 0 atom stereocenters. The van der Waals surface area contributed by atoms with E-state index in [1.54, 1.807) is 12.1 Å². The summed E-state index contributed by atoms with van der Waals surface area (Å²) in [6.45, 7) is 0.0228. The number of hydrogen-bond donors (Lipinski definition) is 0. The lowest BCUT2D eigenvalue weighted by Crippen LogP contribution is -2.42. The van der Waals surface area contributed by atoms with Crippen LogP contribution in [0.1, 0.15) is 22.3 Å². The van der Waals surface area contributed by atoms with E-state index in [-0.39, 0.29) is 18.9 Å². The number of halogens is 5. The van der Waals surface area contributed by atoms with Crippen molar-refractivity contribution in [2.24, 2.45) is 0 Å². The molecular weight excluding hydrogens is 382 g/mol. The molecule has 1 aliphatic heterocycles. The minimum absolute atomic E-state index is 0.00134. The largest absolute Gasteiger partial charge is 0.471 e. The van der Waals surface area contributed by atoms with E-state index >= 15 is 0 Å². The van der Waals surface area contributed by atoms with E-state index in [1.165, 1.54) is 12.1 Å². The Labute approximate surface area is 159 Å². The summed E-state index contributed by atoms with van der Waals surface area (Å²) in [5.74, 6) is -2.12. The molecule has 0 N–H and O–H groups in total. The number of rotatable bonds is 3. The summed E-state index contributed by atoms with van der Waals surface area (Å²) in [6.07, 6.45) is -3.08. The Balaban J connectivity index is 1.80. The molecular formula is C20H18ClF4NO. The zero-order valence-electron chi connectivity index (χ0n) is 14.5. The van der Waals surface area contributed by atoms with Gasteiger partial charge in [-0.15, -0.1) is 0 Å². The molecule has 144 valence electrons. The third kappa shape index (κ3) is 4.61. The predicted octanol–water partition coefficient (Wildman–Crippen LogP) is 4.75. The molecule has 3 rings (SSSR count). The van der Waals surface area contributed by atoms with Crippen molar-refractivity contribution in [3.8, 4) is 0 Å². The topological polar surface area (TPSA) is 20.3 Å². The van der Waals surface area contributed by atoms with Gasteiger partial charge in [0, 0.05) is 18.1 Å². The molecule has 0 spiro atoms. The van der Waals surface area contributed by atoms with Crippen LogP contribution in [0.2, 0.25) is 5.02 Å². The second-order valence-corrected chi connectivity index (χ2v) is 6.99. The van der Waals surface area contributed by atoms with Crippen LogP contribution in [0, 0.1) is 5.82 Å². The highest BCUT2D eigenvalue weighted by Crippen LogP contribution is 2.29. The van der Waals surface area contributed by atoms with Crippen molar-refractivity contribution < 1.29 is 22.4 Å². The molecule has 2 aromatic carbocycles. The van der Waals surface area contributed by atoms with Crippen LogP contribution >= 0.6 is 11.6 Å². The first kappa shape index (κ1) is 19.7. The van der Waals surface area contributed by atoms with Gasteiger partial charge in [0.2, 0.25) is 0 Å². The number of aryl methyl sites for hydroxylation is 1. The Morgan fingerprint density at radius 2 is 1.81 bits per heavy atom. The molecule has 27 heavy (non-hydrogen) atoms. The molecule has 0 aromatic heterocycles. The van der Waals surface area contributed by atoms with Crippen LogP contribution in [-0.4, -0.2) is 30.1 Å². The van der Waals surface area contributed by atoms with Gasteiger partial charge in [-0.3, -0.25) is 4.79 Å². The summed E-state index contributed by atoms with van der Waals surface area (Å²) in [5, 5.41) is 0.542. The van der Waals surface area contributed by atoms with Crippen molar-refractivity contribution in [3.05, 3.63) is 69.5 Å². The highest BCUT2D eigenvalue weighted by atomic mass is 35.5. The molecule has 0 fully saturated rings. The number of amides is 1. The molecule has 1 amide bonds. The number of alkyl halides is 3. The quantitative estimate of drug-likeness (QED) is 0.682. The lowest BCUT2D eigenvalue weighted by molar-refractivity contribution is -0.185. The Hall–Kier alpha value is -2.08. The molecule has 2 nitrogen and oxygen atoms in total. The minimum Gasteiger partial charge on any atom is -0.334 e. The summed E-state index contributed by atoms with van der Waals surface area (Å²) in [6, 6.07) is 9.84. The van der Waals surface area contributed by atoms with Gasteiger partial charge in [-0.25, -0.2) is 4.39 Å². The van der Waals surface area contributed by atoms with Crippen LogP contribution in [0.5, 0.6) is 0 Å². The van der Waals surface area contributed by atoms with Crippen molar-refractivity contribution in [2.45, 2.75) is 31.9 Å². The maximum absolute atomic E-state index is 13.4. The number of fused-ring (bicyclic) bond motifs is 1. The summed E-state index contributed by atoms with van der Waals surface area (Å²) in [7, 11) is 0. The van der Waals surface area contributed by atoms with Gasteiger partial charge in [0.05, 0.1) is 0 Å². The first-order valence-electron chi connectivity index (χ1n) is 8.65. The Bertz CT molecular complexity index is 850. The molecule has 0 saturated heterocycles. The van der Waals surface area contributed by atoms with E-state index < -0.39 is 12.1 Å². The Kier molecular flexibility index (Phi) is 5.75. The van der Waals surface area contributed by atoms with Gasteiger partial charge in [-0.1, -0.05) is 29.8 Å². The molecule has 0 aliphatic carbocycles. The fourth-order valence-electron chi connectivity index (χ4n) is 3.49. The SMILES string of the molecule is O=C(N1CCc2ccc(Cl)c(CCc3cccc(F)c3)c2CC1)C(F)(F)F. The van der Waals surface area contributed by atoms with Crippen LogP contribution in [0.3, 0.4) is 0 Å². The summed E-state index contributed by atoms with van der Waals surface area (Å²) < 4.78 is 51.6. The van der Waals surface area contributed by atoms with Crippen LogP contribution in [-0.2, 0) is 30.5 Å². The first-order valence-corrected chi connectivity index (χ1v) is 9.03. The fourth-order valence-corrected chi connectivity index (χ4v) is 3.76.